The van der Waals surface area contributed by atoms with E-state index in [0.29, 0.717) is 22.2 Å². The molecule has 3 heterocycles. The van der Waals surface area contributed by atoms with Crippen molar-refractivity contribution < 1.29 is 14.4 Å². The first-order valence-corrected chi connectivity index (χ1v) is 12.5. The Morgan fingerprint density at radius 2 is 2.03 bits per heavy atom. The van der Waals surface area contributed by atoms with Gasteiger partial charge in [-0.15, -0.1) is 11.3 Å². The third-order valence-corrected chi connectivity index (χ3v) is 7.34. The molecule has 8 nitrogen and oxygen atoms in total. The summed E-state index contributed by atoms with van der Waals surface area (Å²) in [7, 11) is 0. The van der Waals surface area contributed by atoms with Crippen LogP contribution in [0, 0.1) is 5.92 Å². The maximum atomic E-state index is 13.0. The summed E-state index contributed by atoms with van der Waals surface area (Å²) < 4.78 is 0. The molecule has 0 spiro atoms. The van der Waals surface area contributed by atoms with Crippen LogP contribution >= 0.6 is 11.3 Å². The van der Waals surface area contributed by atoms with Gasteiger partial charge in [0.1, 0.15) is 6.04 Å². The molecule has 0 bridgehead atoms. The highest BCUT2D eigenvalue weighted by molar-refractivity contribution is 7.13. The van der Waals surface area contributed by atoms with Gasteiger partial charge in [0.05, 0.1) is 12.2 Å². The Balaban J connectivity index is 1.16. The van der Waals surface area contributed by atoms with Gasteiger partial charge in [0.15, 0.2) is 5.13 Å². The summed E-state index contributed by atoms with van der Waals surface area (Å²) in [5, 5.41) is 8.01. The zero-order valence-corrected chi connectivity index (χ0v) is 19.6. The molecule has 9 heteroatoms. The third-order valence-electron chi connectivity index (χ3n) is 6.54. The van der Waals surface area contributed by atoms with Gasteiger partial charge < -0.3 is 15.5 Å². The zero-order valence-electron chi connectivity index (χ0n) is 18.8. The third kappa shape index (κ3) is 4.79. The fourth-order valence-corrected chi connectivity index (χ4v) is 5.57. The number of rotatable bonds is 7. The molecule has 2 aromatic rings. The van der Waals surface area contributed by atoms with E-state index in [1.165, 1.54) is 24.2 Å². The summed E-state index contributed by atoms with van der Waals surface area (Å²) in [5.41, 5.74) is 2.24. The molecular formula is C24H29N5O3S. The molecule has 1 saturated carbocycles. The number of anilines is 1. The lowest BCUT2D eigenvalue weighted by Crippen LogP contribution is -2.42. The van der Waals surface area contributed by atoms with Gasteiger partial charge in [-0.25, -0.2) is 4.98 Å². The Labute approximate surface area is 197 Å². The molecule has 1 aliphatic carbocycles. The molecule has 0 radical (unpaired) electrons. The first-order valence-electron chi connectivity index (χ1n) is 11.7. The van der Waals surface area contributed by atoms with Crippen LogP contribution in [-0.2, 0) is 16.1 Å². The normalized spacial score (nSPS) is 22.8. The number of likely N-dealkylation sites (tertiary alicyclic amines) is 1. The second-order valence-corrected chi connectivity index (χ2v) is 10.2. The minimum absolute atomic E-state index is 0.101. The van der Waals surface area contributed by atoms with Crippen molar-refractivity contribution in [2.45, 2.75) is 51.2 Å². The number of nitrogens with one attached hydrogen (secondary N) is 2. The quantitative estimate of drug-likeness (QED) is 0.653. The molecule has 1 saturated heterocycles. The molecule has 2 fully saturated rings. The first kappa shape index (κ1) is 22.0. The molecule has 2 N–H and O–H groups in total. The van der Waals surface area contributed by atoms with E-state index in [9.17, 15) is 14.4 Å². The molecule has 5 rings (SSSR count). The number of amides is 3. The Morgan fingerprint density at radius 1 is 1.21 bits per heavy atom. The van der Waals surface area contributed by atoms with Gasteiger partial charge in [0.2, 0.25) is 11.8 Å². The lowest BCUT2D eigenvalue weighted by atomic mass is 10.0. The van der Waals surface area contributed by atoms with Crippen molar-refractivity contribution in [3.05, 3.63) is 46.5 Å². The zero-order chi connectivity index (χ0) is 22.9. The van der Waals surface area contributed by atoms with Gasteiger partial charge >= 0.3 is 0 Å². The van der Waals surface area contributed by atoms with Crippen LogP contribution in [0.3, 0.4) is 0 Å². The molecule has 33 heavy (non-hydrogen) atoms. The number of nitrogens with zero attached hydrogens (tertiary/aromatic N) is 3. The van der Waals surface area contributed by atoms with Gasteiger partial charge in [-0.3, -0.25) is 19.3 Å². The lowest BCUT2D eigenvalue weighted by Gasteiger charge is -2.30. The van der Waals surface area contributed by atoms with Gasteiger partial charge in [-0.1, -0.05) is 25.1 Å². The van der Waals surface area contributed by atoms with Crippen LogP contribution in [0.15, 0.2) is 29.6 Å². The Kier molecular flexibility index (Phi) is 6.16. The van der Waals surface area contributed by atoms with Crippen LogP contribution in [0.2, 0.25) is 0 Å². The minimum Gasteiger partial charge on any atom is -0.345 e. The number of hydrogen-bond acceptors (Lipinski definition) is 6. The highest BCUT2D eigenvalue weighted by atomic mass is 32.1. The van der Waals surface area contributed by atoms with Gasteiger partial charge in [0, 0.05) is 30.1 Å². The summed E-state index contributed by atoms with van der Waals surface area (Å²) in [6, 6.07) is 6.65. The van der Waals surface area contributed by atoms with Gasteiger partial charge in [-0.2, -0.15) is 0 Å². The average molecular weight is 468 g/mol. The molecule has 1 aromatic heterocycles. The van der Waals surface area contributed by atoms with Crippen molar-refractivity contribution in [3.63, 3.8) is 0 Å². The fourth-order valence-electron chi connectivity index (χ4n) is 4.86. The summed E-state index contributed by atoms with van der Waals surface area (Å²) in [5.74, 6) is -0.0462. The monoisotopic (exact) mass is 467 g/mol. The number of fused-ring (bicyclic) bond motifs is 1. The standard InChI is InChI=1S/C24H29N5O3S/c1-15-5-4-10-28(12-15)13-16-14-33-24(26-16)27-20(30)11-25-22(31)21-18-6-2-3-7-19(18)23(32)29(21)17-8-9-17/h2-3,6-7,14-15,17,21H,4-5,8-13H2,1H3,(H,25,31)(H,26,27,30). The summed E-state index contributed by atoms with van der Waals surface area (Å²) >= 11 is 1.40. The van der Waals surface area contributed by atoms with Crippen molar-refractivity contribution in [1.29, 1.82) is 0 Å². The van der Waals surface area contributed by atoms with Crippen LogP contribution in [0.25, 0.3) is 0 Å². The number of thiazole rings is 1. The number of benzene rings is 1. The number of carbonyl (C=O) groups is 3. The van der Waals surface area contributed by atoms with Gasteiger partial charge in [-0.05, 0) is 49.8 Å². The second-order valence-electron chi connectivity index (χ2n) is 9.33. The predicted molar refractivity (Wildman–Crippen MR) is 126 cm³/mol. The van der Waals surface area contributed by atoms with Crippen molar-refractivity contribution in [2.24, 2.45) is 5.92 Å². The number of piperidine rings is 1. The topological polar surface area (TPSA) is 94.6 Å². The van der Waals surface area contributed by atoms with Crippen molar-refractivity contribution in [3.8, 4) is 0 Å². The van der Waals surface area contributed by atoms with E-state index in [-0.39, 0.29) is 30.3 Å². The van der Waals surface area contributed by atoms with E-state index in [1.54, 1.807) is 11.0 Å². The maximum Gasteiger partial charge on any atom is 0.255 e. The Bertz CT molecular complexity index is 1070. The summed E-state index contributed by atoms with van der Waals surface area (Å²) in [6.45, 7) is 5.07. The number of hydrogen-bond donors (Lipinski definition) is 2. The SMILES string of the molecule is CC1CCCN(Cc2csc(NC(=O)CNC(=O)C3c4ccccc4C(=O)N3C3CC3)n2)C1. The Morgan fingerprint density at radius 3 is 2.82 bits per heavy atom. The summed E-state index contributed by atoms with van der Waals surface area (Å²) in [6.07, 6.45) is 4.31. The Hall–Kier alpha value is -2.78. The van der Waals surface area contributed by atoms with E-state index in [1.807, 2.05) is 23.6 Å². The predicted octanol–water partition coefficient (Wildman–Crippen LogP) is 2.79. The molecule has 2 unspecified atom stereocenters. The average Bonchev–Trinajstić information content (AvgIpc) is 3.48. The van der Waals surface area contributed by atoms with Crippen LogP contribution in [0.5, 0.6) is 0 Å². The van der Waals surface area contributed by atoms with E-state index in [4.69, 9.17) is 0 Å². The van der Waals surface area contributed by atoms with Crippen LogP contribution in [0.4, 0.5) is 5.13 Å². The molecule has 2 atom stereocenters. The second kappa shape index (κ2) is 9.23. The summed E-state index contributed by atoms with van der Waals surface area (Å²) in [4.78, 5) is 46.9. The first-order chi connectivity index (χ1) is 16.0. The molecular weight excluding hydrogens is 438 g/mol. The molecule has 3 amide bonds. The van der Waals surface area contributed by atoms with E-state index in [0.717, 1.165) is 38.2 Å². The number of aromatic nitrogens is 1. The van der Waals surface area contributed by atoms with Crippen LogP contribution in [0.1, 0.15) is 60.3 Å². The maximum absolute atomic E-state index is 13.0. The lowest BCUT2D eigenvalue weighted by molar-refractivity contribution is -0.127. The largest absolute Gasteiger partial charge is 0.345 e. The molecule has 174 valence electrons. The minimum atomic E-state index is -0.674. The van der Waals surface area contributed by atoms with E-state index < -0.39 is 6.04 Å². The van der Waals surface area contributed by atoms with Crippen LogP contribution in [-0.4, -0.2) is 58.2 Å². The molecule has 3 aliphatic rings. The highest BCUT2D eigenvalue weighted by Gasteiger charge is 2.47. The van der Waals surface area contributed by atoms with Crippen LogP contribution < -0.4 is 10.6 Å². The molecule has 1 aromatic carbocycles. The van der Waals surface area contributed by atoms with Crippen molar-refractivity contribution in [2.75, 3.05) is 25.0 Å². The molecule has 2 aliphatic heterocycles. The fraction of sp³-hybridized carbons (Fsp3) is 0.500. The smallest absolute Gasteiger partial charge is 0.255 e. The van der Waals surface area contributed by atoms with Gasteiger partial charge in [0.25, 0.3) is 5.91 Å². The van der Waals surface area contributed by atoms with E-state index >= 15 is 0 Å². The number of carbonyl (C=O) groups excluding carboxylic acids is 3. The highest BCUT2D eigenvalue weighted by Crippen LogP contribution is 2.41. The van der Waals surface area contributed by atoms with Crippen molar-refractivity contribution >= 4 is 34.2 Å². The van der Waals surface area contributed by atoms with E-state index in [2.05, 4.69) is 27.4 Å². The van der Waals surface area contributed by atoms with Crippen molar-refractivity contribution in [1.82, 2.24) is 20.1 Å².